The largest absolute Gasteiger partial charge is 0.394 e. The van der Waals surface area contributed by atoms with E-state index in [1.54, 1.807) is 6.08 Å². The van der Waals surface area contributed by atoms with Crippen molar-refractivity contribution < 1.29 is 64.6 Å². The third-order valence-corrected chi connectivity index (χ3v) is 18.7. The second-order valence-electron chi connectivity index (χ2n) is 27.1. The van der Waals surface area contributed by atoms with Crippen LogP contribution in [0.25, 0.3) is 0 Å². The van der Waals surface area contributed by atoms with Crippen molar-refractivity contribution in [2.75, 3.05) is 19.8 Å². The monoisotopic (exact) mass is 1300 g/mol. The summed E-state index contributed by atoms with van der Waals surface area (Å²) in [6.45, 7) is 2.82. The zero-order valence-electron chi connectivity index (χ0n) is 58.8. The van der Waals surface area contributed by atoms with Crippen molar-refractivity contribution in [1.29, 1.82) is 0 Å². The highest BCUT2D eigenvalue weighted by atomic mass is 16.7. The van der Waals surface area contributed by atoms with Crippen LogP contribution in [0.2, 0.25) is 0 Å². The maximum atomic E-state index is 13.4. The number of carbonyl (C=O) groups excluding carboxylic acids is 1. The van der Waals surface area contributed by atoms with Crippen molar-refractivity contribution in [3.05, 3.63) is 60.8 Å². The Kier molecular flexibility index (Phi) is 58.0. The van der Waals surface area contributed by atoms with Gasteiger partial charge in [0.05, 0.1) is 32.0 Å². The number of aliphatic hydroxyl groups is 8. The van der Waals surface area contributed by atoms with Gasteiger partial charge in [-0.1, -0.05) is 319 Å². The zero-order valence-corrected chi connectivity index (χ0v) is 58.8. The first-order valence-electron chi connectivity index (χ1n) is 38.5. The molecule has 0 aromatic carbocycles. The number of unbranched alkanes of at least 4 members (excludes halogenated alkanes) is 43. The number of nitrogens with one attached hydrogen (secondary N) is 1. The molecule has 0 radical (unpaired) electrons. The summed E-state index contributed by atoms with van der Waals surface area (Å²) >= 11 is 0. The number of amides is 1. The molecule has 0 aromatic rings. The molecule has 1 amide bonds. The third-order valence-electron chi connectivity index (χ3n) is 18.7. The first kappa shape index (κ1) is 85.8. The Bertz CT molecular complexity index is 1780. The van der Waals surface area contributed by atoms with Gasteiger partial charge in [0.15, 0.2) is 12.6 Å². The molecule has 2 saturated heterocycles. The van der Waals surface area contributed by atoms with Gasteiger partial charge in [0.2, 0.25) is 5.91 Å². The first-order valence-corrected chi connectivity index (χ1v) is 38.5. The Labute approximate surface area is 562 Å². The molecule has 92 heavy (non-hydrogen) atoms. The summed E-state index contributed by atoms with van der Waals surface area (Å²) in [6.07, 6.45) is 67.2. The summed E-state index contributed by atoms with van der Waals surface area (Å²) < 4.78 is 22.9. The van der Waals surface area contributed by atoms with Gasteiger partial charge in [-0.05, 0) is 70.6 Å². The van der Waals surface area contributed by atoms with Gasteiger partial charge in [-0.2, -0.15) is 0 Å². The van der Waals surface area contributed by atoms with E-state index < -0.39 is 86.8 Å². The minimum absolute atomic E-state index is 0.245. The molecule has 538 valence electrons. The van der Waals surface area contributed by atoms with Crippen LogP contribution in [0.15, 0.2) is 60.8 Å². The Balaban J connectivity index is 1.65. The number of ether oxygens (including phenoxy) is 4. The second-order valence-corrected chi connectivity index (χ2v) is 27.1. The lowest BCUT2D eigenvalue weighted by Gasteiger charge is -2.46. The Morgan fingerprint density at radius 3 is 1.14 bits per heavy atom. The lowest BCUT2D eigenvalue weighted by molar-refractivity contribution is -0.359. The summed E-state index contributed by atoms with van der Waals surface area (Å²) in [5, 5.41) is 87.6. The molecule has 2 fully saturated rings. The van der Waals surface area contributed by atoms with Crippen molar-refractivity contribution in [2.24, 2.45) is 0 Å². The molecule has 2 aliphatic rings. The summed E-state index contributed by atoms with van der Waals surface area (Å²) in [6, 6.07) is -0.935. The van der Waals surface area contributed by atoms with Gasteiger partial charge in [0.25, 0.3) is 0 Å². The van der Waals surface area contributed by atoms with Gasteiger partial charge in [-0.3, -0.25) is 4.79 Å². The van der Waals surface area contributed by atoms with Crippen LogP contribution in [-0.4, -0.2) is 140 Å². The highest BCUT2D eigenvalue weighted by molar-refractivity contribution is 5.76. The third kappa shape index (κ3) is 45.2. The van der Waals surface area contributed by atoms with Crippen molar-refractivity contribution in [2.45, 2.75) is 408 Å². The van der Waals surface area contributed by atoms with Crippen LogP contribution in [0.3, 0.4) is 0 Å². The molecule has 9 N–H and O–H groups in total. The average Bonchev–Trinajstić information content (AvgIpc) is 0.844. The standard InChI is InChI=1S/C78H143NO13/c1-3-5-7-9-11-13-15-17-19-21-23-25-27-29-31-32-33-34-36-38-40-42-44-46-48-50-52-54-56-58-60-62-70(83)79-66(65-89-77-75(88)73(86)76(69(64-81)91-77)92-78-74(87)72(85)71(84)68(63-80)90-78)67(82)61-59-57-55-53-51-49-47-45-43-41-39-37-35-30-28-26-24-22-20-18-16-14-12-10-8-6-4-2/h15,17,21,23,27,29,51,53,59,61,66-69,71-78,80-82,84-88H,3-14,16,18-20,22,24-26,28,30-50,52,54-58,60,62-65H2,1-2H3,(H,79,83)/b17-15-,23-21-,29-27-,53-51+,61-59+. The van der Waals surface area contributed by atoms with Crippen LogP contribution >= 0.6 is 0 Å². The summed E-state index contributed by atoms with van der Waals surface area (Å²) in [7, 11) is 0. The molecular weight excluding hydrogens is 1160 g/mol. The van der Waals surface area contributed by atoms with Crippen LogP contribution in [0.1, 0.15) is 335 Å². The highest BCUT2D eigenvalue weighted by Crippen LogP contribution is 2.30. The van der Waals surface area contributed by atoms with E-state index in [9.17, 15) is 45.6 Å². The van der Waals surface area contributed by atoms with E-state index in [0.29, 0.717) is 12.8 Å². The van der Waals surface area contributed by atoms with Crippen molar-refractivity contribution in [1.82, 2.24) is 5.32 Å². The van der Waals surface area contributed by atoms with Crippen LogP contribution in [0.4, 0.5) is 0 Å². The molecule has 0 saturated carbocycles. The molecule has 2 heterocycles. The van der Waals surface area contributed by atoms with Crippen LogP contribution < -0.4 is 5.32 Å². The normalized spacial score (nSPS) is 23.0. The molecule has 0 bridgehead atoms. The maximum absolute atomic E-state index is 13.4. The quantitative estimate of drug-likeness (QED) is 0.0204. The molecule has 12 unspecified atom stereocenters. The number of carbonyl (C=O) groups is 1. The van der Waals surface area contributed by atoms with E-state index in [-0.39, 0.29) is 18.9 Å². The number of hydrogen-bond donors (Lipinski definition) is 9. The van der Waals surface area contributed by atoms with Crippen molar-refractivity contribution in [3.8, 4) is 0 Å². The van der Waals surface area contributed by atoms with E-state index >= 15 is 0 Å². The van der Waals surface area contributed by atoms with Crippen molar-refractivity contribution >= 4 is 5.91 Å². The molecule has 12 atom stereocenters. The van der Waals surface area contributed by atoms with Crippen LogP contribution in [0, 0.1) is 0 Å². The number of rotatable bonds is 64. The Hall–Kier alpha value is -2.31. The number of hydrogen-bond acceptors (Lipinski definition) is 13. The number of allylic oxidation sites excluding steroid dienone is 9. The predicted molar refractivity (Wildman–Crippen MR) is 378 cm³/mol. The van der Waals surface area contributed by atoms with Gasteiger partial charge in [-0.15, -0.1) is 0 Å². The maximum Gasteiger partial charge on any atom is 0.220 e. The second kappa shape index (κ2) is 62.2. The van der Waals surface area contributed by atoms with Gasteiger partial charge in [0, 0.05) is 6.42 Å². The van der Waals surface area contributed by atoms with E-state index in [4.69, 9.17) is 18.9 Å². The molecule has 0 spiro atoms. The average molecular weight is 1300 g/mol. The zero-order chi connectivity index (χ0) is 66.6. The fraction of sp³-hybridized carbons (Fsp3) is 0.859. The summed E-state index contributed by atoms with van der Waals surface area (Å²) in [4.78, 5) is 13.4. The molecule has 2 rings (SSSR count). The summed E-state index contributed by atoms with van der Waals surface area (Å²) in [5.41, 5.74) is 0. The van der Waals surface area contributed by atoms with E-state index in [1.165, 1.54) is 257 Å². The van der Waals surface area contributed by atoms with E-state index in [1.807, 2.05) is 6.08 Å². The molecule has 14 nitrogen and oxygen atoms in total. The van der Waals surface area contributed by atoms with Gasteiger partial charge >= 0.3 is 0 Å². The Morgan fingerprint density at radius 2 is 0.728 bits per heavy atom. The summed E-state index contributed by atoms with van der Waals surface area (Å²) in [5.74, 6) is -0.245. The fourth-order valence-electron chi connectivity index (χ4n) is 12.6. The molecule has 0 aliphatic carbocycles. The topological polar surface area (TPSA) is 228 Å². The molecule has 2 aliphatic heterocycles. The van der Waals surface area contributed by atoms with E-state index in [0.717, 1.165) is 44.9 Å². The minimum atomic E-state index is -1.79. The van der Waals surface area contributed by atoms with Gasteiger partial charge in [0.1, 0.15) is 48.8 Å². The SMILES string of the molecule is CCCCCCC/C=C\C/C=C\C/C=C\CCCCCCCCCCCCCCCCCCC(=O)NC(COC1OC(CO)C(OC2OC(CO)C(O)C(O)C2O)C(O)C1O)C(O)/C=C/CC/C=C/CCCCCCCCCCCCCCCCCCCCCCC. The number of aliphatic hydroxyl groups excluding tert-OH is 8. The van der Waals surface area contributed by atoms with Gasteiger partial charge in [-0.25, -0.2) is 0 Å². The van der Waals surface area contributed by atoms with Crippen LogP contribution in [-0.2, 0) is 23.7 Å². The lowest BCUT2D eigenvalue weighted by Crippen LogP contribution is -2.65. The molecular formula is C78H143NO13. The smallest absolute Gasteiger partial charge is 0.220 e. The molecule has 0 aromatic heterocycles. The fourth-order valence-corrected chi connectivity index (χ4v) is 12.6. The van der Waals surface area contributed by atoms with Gasteiger partial charge < -0.3 is 65.1 Å². The Morgan fingerprint density at radius 1 is 0.391 bits per heavy atom. The van der Waals surface area contributed by atoms with Crippen LogP contribution in [0.5, 0.6) is 0 Å². The van der Waals surface area contributed by atoms with Crippen molar-refractivity contribution in [3.63, 3.8) is 0 Å². The predicted octanol–water partition coefficient (Wildman–Crippen LogP) is 16.8. The highest BCUT2D eigenvalue weighted by Gasteiger charge is 2.51. The van der Waals surface area contributed by atoms with E-state index in [2.05, 4.69) is 67.8 Å². The lowest BCUT2D eigenvalue weighted by atomic mass is 9.97. The molecule has 14 heteroatoms. The minimum Gasteiger partial charge on any atom is -0.394 e. The first-order chi connectivity index (χ1) is 45.1.